The van der Waals surface area contributed by atoms with Crippen molar-refractivity contribution in [3.63, 3.8) is 0 Å². The molecule has 0 N–H and O–H groups in total. The van der Waals surface area contributed by atoms with Gasteiger partial charge in [-0.15, -0.1) is 0 Å². The van der Waals surface area contributed by atoms with Gasteiger partial charge in [-0.3, -0.25) is 24.8 Å². The number of nitrogens with zero attached hydrogens (tertiary/aromatic N) is 3. The molecule has 0 spiro atoms. The van der Waals surface area contributed by atoms with Crippen LogP contribution < -0.4 is 0 Å². The van der Waals surface area contributed by atoms with E-state index in [9.17, 15) is 19.7 Å². The van der Waals surface area contributed by atoms with Crippen LogP contribution in [0.15, 0.2) is 18.3 Å². The number of ketones is 1. The Hall–Kier alpha value is -2.51. The summed E-state index contributed by atoms with van der Waals surface area (Å²) in [5, 5.41) is 10.6. The Labute approximate surface area is 140 Å². The summed E-state index contributed by atoms with van der Waals surface area (Å²) in [7, 11) is 0. The molecule has 1 aliphatic rings. The van der Waals surface area contributed by atoms with E-state index >= 15 is 0 Å². The standard InChI is InChI=1S/C16H21N3O5/c1-16(2,3)24-15(21)18-8-4-5-13(18)14(20)9-11-6-7-12(10-17-11)19(22)23/h6-7,10,13H,4-5,8-9H2,1-3H3. The van der Waals surface area contributed by atoms with Crippen LogP contribution in [-0.2, 0) is 16.0 Å². The van der Waals surface area contributed by atoms with Crippen LogP contribution in [0, 0.1) is 10.1 Å². The lowest BCUT2D eigenvalue weighted by Crippen LogP contribution is -2.43. The Kier molecular flexibility index (Phi) is 5.16. The number of rotatable bonds is 4. The Bertz CT molecular complexity index is 636. The first-order valence-electron chi connectivity index (χ1n) is 7.79. The summed E-state index contributed by atoms with van der Waals surface area (Å²) >= 11 is 0. The van der Waals surface area contributed by atoms with Gasteiger partial charge >= 0.3 is 6.09 Å². The lowest BCUT2D eigenvalue weighted by Gasteiger charge is -2.27. The molecule has 2 heterocycles. The van der Waals surface area contributed by atoms with Crippen molar-refractivity contribution in [1.29, 1.82) is 0 Å². The van der Waals surface area contributed by atoms with Gasteiger partial charge in [0.15, 0.2) is 5.78 Å². The van der Waals surface area contributed by atoms with Gasteiger partial charge in [-0.25, -0.2) is 4.79 Å². The zero-order chi connectivity index (χ0) is 17.9. The van der Waals surface area contributed by atoms with Gasteiger partial charge < -0.3 is 4.74 Å². The molecule has 0 aliphatic carbocycles. The van der Waals surface area contributed by atoms with Gasteiger partial charge in [0.1, 0.15) is 11.8 Å². The molecule has 0 aromatic carbocycles. The van der Waals surface area contributed by atoms with Crippen molar-refractivity contribution in [2.24, 2.45) is 0 Å². The van der Waals surface area contributed by atoms with Crippen LogP contribution in [0.3, 0.4) is 0 Å². The molecule has 0 radical (unpaired) electrons. The summed E-state index contributed by atoms with van der Waals surface area (Å²) in [6.07, 6.45) is 1.99. The molecule has 1 aromatic rings. The molecule has 8 heteroatoms. The number of aromatic nitrogens is 1. The van der Waals surface area contributed by atoms with Gasteiger partial charge in [0, 0.05) is 18.3 Å². The fourth-order valence-electron chi connectivity index (χ4n) is 2.57. The Balaban J connectivity index is 2.02. The van der Waals surface area contributed by atoms with Crippen molar-refractivity contribution < 1.29 is 19.2 Å². The van der Waals surface area contributed by atoms with Gasteiger partial charge in [0.25, 0.3) is 5.69 Å². The van der Waals surface area contributed by atoms with E-state index in [-0.39, 0.29) is 17.9 Å². The predicted molar refractivity (Wildman–Crippen MR) is 85.6 cm³/mol. The molecule has 0 bridgehead atoms. The SMILES string of the molecule is CC(C)(C)OC(=O)N1CCCC1C(=O)Cc1ccc([N+](=O)[O-])cn1. The molecule has 24 heavy (non-hydrogen) atoms. The summed E-state index contributed by atoms with van der Waals surface area (Å²) < 4.78 is 5.34. The topological polar surface area (TPSA) is 103 Å². The Morgan fingerprint density at radius 2 is 2.12 bits per heavy atom. The largest absolute Gasteiger partial charge is 0.444 e. The molecular formula is C16H21N3O5. The molecule has 1 unspecified atom stereocenters. The minimum Gasteiger partial charge on any atom is -0.444 e. The minimum absolute atomic E-state index is 0.0297. The Morgan fingerprint density at radius 3 is 2.67 bits per heavy atom. The third-order valence-corrected chi connectivity index (χ3v) is 3.63. The minimum atomic E-state index is -0.618. The molecule has 8 nitrogen and oxygen atoms in total. The second-order valence-corrected chi connectivity index (χ2v) is 6.74. The smallest absolute Gasteiger partial charge is 0.410 e. The van der Waals surface area contributed by atoms with Gasteiger partial charge in [0.2, 0.25) is 0 Å². The normalized spacial score (nSPS) is 17.6. The van der Waals surface area contributed by atoms with E-state index in [2.05, 4.69) is 4.98 Å². The second-order valence-electron chi connectivity index (χ2n) is 6.74. The zero-order valence-electron chi connectivity index (χ0n) is 14.0. The quantitative estimate of drug-likeness (QED) is 0.618. The van der Waals surface area contributed by atoms with Crippen LogP contribution in [-0.4, -0.2) is 44.9 Å². The third-order valence-electron chi connectivity index (χ3n) is 3.63. The van der Waals surface area contributed by atoms with Crippen molar-refractivity contribution in [2.45, 2.75) is 51.7 Å². The lowest BCUT2D eigenvalue weighted by molar-refractivity contribution is -0.385. The van der Waals surface area contributed by atoms with Crippen molar-refractivity contribution in [1.82, 2.24) is 9.88 Å². The number of likely N-dealkylation sites (tertiary alicyclic amines) is 1. The second kappa shape index (κ2) is 6.94. The molecule has 1 aromatic heterocycles. The van der Waals surface area contributed by atoms with E-state index in [4.69, 9.17) is 4.74 Å². The average molecular weight is 335 g/mol. The van der Waals surface area contributed by atoms with Crippen molar-refractivity contribution in [3.05, 3.63) is 34.1 Å². The molecular weight excluding hydrogens is 314 g/mol. The number of pyridine rings is 1. The summed E-state index contributed by atoms with van der Waals surface area (Å²) in [5.41, 5.74) is -0.295. The van der Waals surface area contributed by atoms with Crippen molar-refractivity contribution in [2.75, 3.05) is 6.54 Å². The van der Waals surface area contributed by atoms with Gasteiger partial charge in [-0.1, -0.05) is 0 Å². The first-order chi connectivity index (χ1) is 11.2. The van der Waals surface area contributed by atoms with Crippen LogP contribution in [0.4, 0.5) is 10.5 Å². The number of Topliss-reactive ketones (excluding diaryl/α,β-unsaturated/α-hetero) is 1. The summed E-state index contributed by atoms with van der Waals surface area (Å²) in [6.45, 7) is 5.81. The summed E-state index contributed by atoms with van der Waals surface area (Å²) in [6, 6.07) is 2.25. The molecule has 0 saturated carbocycles. The van der Waals surface area contributed by atoms with Gasteiger partial charge in [-0.05, 0) is 39.7 Å². The van der Waals surface area contributed by atoms with Crippen molar-refractivity contribution in [3.8, 4) is 0 Å². The first kappa shape index (κ1) is 17.8. The van der Waals surface area contributed by atoms with Crippen LogP contribution in [0.5, 0.6) is 0 Å². The summed E-state index contributed by atoms with van der Waals surface area (Å²) in [4.78, 5) is 40.2. The highest BCUT2D eigenvalue weighted by atomic mass is 16.6. The van der Waals surface area contributed by atoms with E-state index in [1.165, 1.54) is 17.0 Å². The third kappa shape index (κ3) is 4.50. The fourth-order valence-corrected chi connectivity index (χ4v) is 2.57. The Morgan fingerprint density at radius 1 is 1.42 bits per heavy atom. The monoisotopic (exact) mass is 335 g/mol. The highest BCUT2D eigenvalue weighted by Gasteiger charge is 2.36. The van der Waals surface area contributed by atoms with Crippen LogP contribution in [0.1, 0.15) is 39.3 Å². The van der Waals surface area contributed by atoms with Gasteiger partial charge in [0.05, 0.1) is 17.4 Å². The number of nitro groups is 1. The zero-order valence-corrected chi connectivity index (χ0v) is 14.0. The number of carbonyl (C=O) groups excluding carboxylic acids is 2. The molecule has 1 atom stereocenters. The van der Waals surface area contributed by atoms with Crippen LogP contribution in [0.2, 0.25) is 0 Å². The van der Waals surface area contributed by atoms with Crippen molar-refractivity contribution >= 4 is 17.6 Å². The lowest BCUT2D eigenvalue weighted by atomic mass is 10.1. The molecule has 1 saturated heterocycles. The molecule has 1 fully saturated rings. The van der Waals surface area contributed by atoms with E-state index in [1.54, 1.807) is 20.8 Å². The van der Waals surface area contributed by atoms with Gasteiger partial charge in [-0.2, -0.15) is 0 Å². The van der Waals surface area contributed by atoms with E-state index in [1.807, 2.05) is 0 Å². The predicted octanol–water partition coefficient (Wildman–Crippen LogP) is 2.50. The first-order valence-corrected chi connectivity index (χ1v) is 7.79. The maximum absolute atomic E-state index is 12.5. The number of carbonyl (C=O) groups is 2. The van der Waals surface area contributed by atoms with Crippen LogP contribution >= 0.6 is 0 Å². The highest BCUT2D eigenvalue weighted by Crippen LogP contribution is 2.22. The number of amides is 1. The van der Waals surface area contributed by atoms with Crippen LogP contribution in [0.25, 0.3) is 0 Å². The maximum Gasteiger partial charge on any atom is 0.410 e. The summed E-state index contributed by atoms with van der Waals surface area (Å²) in [5.74, 6) is -0.139. The number of ether oxygens (including phenoxy) is 1. The molecule has 1 amide bonds. The van der Waals surface area contributed by atoms with E-state index < -0.39 is 22.7 Å². The average Bonchev–Trinajstić information content (AvgIpc) is 2.95. The van der Waals surface area contributed by atoms with E-state index in [0.717, 1.165) is 12.6 Å². The highest BCUT2D eigenvalue weighted by molar-refractivity contribution is 5.89. The fraction of sp³-hybridized carbons (Fsp3) is 0.562. The molecule has 130 valence electrons. The number of hydrogen-bond acceptors (Lipinski definition) is 6. The van der Waals surface area contributed by atoms with E-state index in [0.29, 0.717) is 18.7 Å². The molecule has 1 aliphatic heterocycles. The maximum atomic E-state index is 12.5. The molecule has 2 rings (SSSR count). The number of hydrogen-bond donors (Lipinski definition) is 0.